The highest BCUT2D eigenvalue weighted by atomic mass is 35.5. The summed E-state index contributed by atoms with van der Waals surface area (Å²) in [6.45, 7) is 0. The van der Waals surface area contributed by atoms with Crippen LogP contribution in [-0.4, -0.2) is 23.3 Å². The SMILES string of the molecule is CSc1ccc(/C=N/NC(=O)c2ccc(Cl)c([N+](=O)[O-])c2)cc1. The average Bonchev–Trinajstić information content (AvgIpc) is 2.55. The van der Waals surface area contributed by atoms with Crippen molar-refractivity contribution in [2.75, 3.05) is 6.26 Å². The number of carbonyl (C=O) groups is 1. The Morgan fingerprint density at radius 3 is 2.61 bits per heavy atom. The van der Waals surface area contributed by atoms with Crippen molar-refractivity contribution in [3.63, 3.8) is 0 Å². The molecule has 8 heteroatoms. The third-order valence-electron chi connectivity index (χ3n) is 2.90. The van der Waals surface area contributed by atoms with Gasteiger partial charge in [-0.3, -0.25) is 14.9 Å². The van der Waals surface area contributed by atoms with E-state index in [0.29, 0.717) is 0 Å². The van der Waals surface area contributed by atoms with Crippen LogP contribution in [0.5, 0.6) is 0 Å². The van der Waals surface area contributed by atoms with Gasteiger partial charge in [-0.15, -0.1) is 11.8 Å². The molecular formula is C15H12ClN3O3S. The largest absolute Gasteiger partial charge is 0.288 e. The molecule has 6 nitrogen and oxygen atoms in total. The summed E-state index contributed by atoms with van der Waals surface area (Å²) in [5, 5.41) is 14.6. The summed E-state index contributed by atoms with van der Waals surface area (Å²) in [6, 6.07) is 11.4. The zero-order chi connectivity index (χ0) is 16.8. The van der Waals surface area contributed by atoms with Gasteiger partial charge in [-0.1, -0.05) is 23.7 Å². The maximum absolute atomic E-state index is 11.9. The maximum Gasteiger partial charge on any atom is 0.288 e. The second-order valence-electron chi connectivity index (χ2n) is 4.40. The van der Waals surface area contributed by atoms with E-state index in [4.69, 9.17) is 11.6 Å². The van der Waals surface area contributed by atoms with E-state index in [2.05, 4.69) is 10.5 Å². The summed E-state index contributed by atoms with van der Waals surface area (Å²) in [5.41, 5.74) is 2.93. The molecule has 0 radical (unpaired) electrons. The Morgan fingerprint density at radius 2 is 2.00 bits per heavy atom. The first kappa shape index (κ1) is 17.0. The Kier molecular flexibility index (Phi) is 5.72. The molecule has 0 saturated heterocycles. The molecule has 0 bridgehead atoms. The number of hydrogen-bond acceptors (Lipinski definition) is 5. The highest BCUT2D eigenvalue weighted by Crippen LogP contribution is 2.24. The van der Waals surface area contributed by atoms with Crippen LogP contribution in [0.2, 0.25) is 5.02 Å². The molecule has 0 heterocycles. The fourth-order valence-electron chi connectivity index (χ4n) is 1.71. The molecule has 1 amide bonds. The smallest absolute Gasteiger partial charge is 0.267 e. The molecule has 0 atom stereocenters. The molecular weight excluding hydrogens is 338 g/mol. The Hall–Kier alpha value is -2.38. The number of nitrogens with zero attached hydrogens (tertiary/aromatic N) is 2. The molecule has 0 spiro atoms. The minimum Gasteiger partial charge on any atom is -0.267 e. The van der Waals surface area contributed by atoms with Crippen molar-refractivity contribution in [1.82, 2.24) is 5.43 Å². The van der Waals surface area contributed by atoms with Gasteiger partial charge in [-0.25, -0.2) is 5.43 Å². The highest BCUT2D eigenvalue weighted by molar-refractivity contribution is 7.98. The van der Waals surface area contributed by atoms with Crippen LogP contribution in [0.25, 0.3) is 0 Å². The third kappa shape index (κ3) is 4.54. The minimum absolute atomic E-state index is 0.0241. The van der Waals surface area contributed by atoms with Gasteiger partial charge in [0.2, 0.25) is 0 Å². The Morgan fingerprint density at radius 1 is 1.30 bits per heavy atom. The fourth-order valence-corrected chi connectivity index (χ4v) is 2.31. The van der Waals surface area contributed by atoms with Crippen LogP contribution < -0.4 is 5.43 Å². The monoisotopic (exact) mass is 349 g/mol. The predicted octanol–water partition coefficient (Wildman–Crippen LogP) is 3.73. The van der Waals surface area contributed by atoms with Crippen LogP contribution in [-0.2, 0) is 0 Å². The molecule has 2 aromatic carbocycles. The van der Waals surface area contributed by atoms with Gasteiger partial charge in [0.25, 0.3) is 11.6 Å². The lowest BCUT2D eigenvalue weighted by Gasteiger charge is -2.01. The Labute approximate surface area is 141 Å². The van der Waals surface area contributed by atoms with Crippen LogP contribution in [0.3, 0.4) is 0 Å². The average molecular weight is 350 g/mol. The van der Waals surface area contributed by atoms with E-state index < -0.39 is 10.8 Å². The molecule has 2 rings (SSSR count). The molecule has 0 aliphatic rings. The van der Waals surface area contributed by atoms with Gasteiger partial charge in [0.15, 0.2) is 0 Å². The van der Waals surface area contributed by atoms with Crippen LogP contribution in [0.15, 0.2) is 52.5 Å². The first-order valence-electron chi connectivity index (χ1n) is 6.42. The molecule has 0 unspecified atom stereocenters. The molecule has 0 fully saturated rings. The molecule has 118 valence electrons. The number of rotatable bonds is 5. The first-order valence-corrected chi connectivity index (χ1v) is 8.03. The standard InChI is InChI=1S/C15H12ClN3O3S/c1-23-12-5-2-10(3-6-12)9-17-18-15(20)11-4-7-13(16)14(8-11)19(21)22/h2-9H,1H3,(H,18,20)/b17-9+. The lowest BCUT2D eigenvalue weighted by atomic mass is 10.2. The highest BCUT2D eigenvalue weighted by Gasteiger charge is 2.15. The molecule has 0 aliphatic heterocycles. The molecule has 0 aliphatic carbocycles. The topological polar surface area (TPSA) is 84.6 Å². The van der Waals surface area contributed by atoms with E-state index in [-0.39, 0.29) is 16.3 Å². The van der Waals surface area contributed by atoms with Gasteiger partial charge in [0.05, 0.1) is 11.1 Å². The normalized spacial score (nSPS) is 10.7. The Bertz CT molecular complexity index is 763. The van der Waals surface area contributed by atoms with E-state index in [9.17, 15) is 14.9 Å². The van der Waals surface area contributed by atoms with E-state index in [1.165, 1.54) is 18.3 Å². The summed E-state index contributed by atoms with van der Waals surface area (Å²) in [6.07, 6.45) is 3.47. The van der Waals surface area contributed by atoms with Crippen molar-refractivity contribution < 1.29 is 9.72 Å². The van der Waals surface area contributed by atoms with Crippen molar-refractivity contribution in [2.24, 2.45) is 5.10 Å². The number of hydrazone groups is 1. The summed E-state index contributed by atoms with van der Waals surface area (Å²) >= 11 is 7.33. The fraction of sp³-hybridized carbons (Fsp3) is 0.0667. The zero-order valence-electron chi connectivity index (χ0n) is 12.0. The zero-order valence-corrected chi connectivity index (χ0v) is 13.6. The minimum atomic E-state index is -0.643. The van der Waals surface area contributed by atoms with E-state index in [1.54, 1.807) is 11.8 Å². The van der Waals surface area contributed by atoms with Crippen molar-refractivity contribution in [2.45, 2.75) is 4.90 Å². The first-order chi connectivity index (χ1) is 11.0. The molecule has 0 saturated carbocycles. The van der Waals surface area contributed by atoms with E-state index >= 15 is 0 Å². The molecule has 0 aromatic heterocycles. The second-order valence-corrected chi connectivity index (χ2v) is 5.68. The number of nitro groups is 1. The van der Waals surface area contributed by atoms with Crippen molar-refractivity contribution in [3.8, 4) is 0 Å². The number of hydrogen-bond donors (Lipinski definition) is 1. The number of thioether (sulfide) groups is 1. The number of benzene rings is 2. The van der Waals surface area contributed by atoms with Gasteiger partial charge in [-0.2, -0.15) is 5.10 Å². The summed E-state index contributed by atoms with van der Waals surface area (Å²) in [5.74, 6) is -0.554. The van der Waals surface area contributed by atoms with Crippen LogP contribution in [0.4, 0.5) is 5.69 Å². The number of nitro benzene ring substituents is 1. The van der Waals surface area contributed by atoms with Crippen molar-refractivity contribution >= 4 is 41.2 Å². The molecule has 1 N–H and O–H groups in total. The number of amides is 1. The van der Waals surface area contributed by atoms with E-state index in [1.807, 2.05) is 30.5 Å². The third-order valence-corrected chi connectivity index (χ3v) is 3.96. The quantitative estimate of drug-likeness (QED) is 0.385. The number of nitrogens with one attached hydrogen (secondary N) is 1. The number of halogens is 1. The van der Waals surface area contributed by atoms with Gasteiger partial charge in [0.1, 0.15) is 5.02 Å². The molecule has 2 aromatic rings. The summed E-state index contributed by atoms with van der Waals surface area (Å²) in [4.78, 5) is 23.2. The maximum atomic E-state index is 11.9. The van der Waals surface area contributed by atoms with Gasteiger partial charge < -0.3 is 0 Å². The van der Waals surface area contributed by atoms with Crippen LogP contribution in [0, 0.1) is 10.1 Å². The lowest BCUT2D eigenvalue weighted by Crippen LogP contribution is -2.17. The molecule has 23 heavy (non-hydrogen) atoms. The summed E-state index contributed by atoms with van der Waals surface area (Å²) < 4.78 is 0. The van der Waals surface area contributed by atoms with Gasteiger partial charge in [-0.05, 0) is 36.1 Å². The van der Waals surface area contributed by atoms with Crippen molar-refractivity contribution in [1.29, 1.82) is 0 Å². The van der Waals surface area contributed by atoms with Crippen LogP contribution in [0.1, 0.15) is 15.9 Å². The summed E-state index contributed by atoms with van der Waals surface area (Å²) in [7, 11) is 0. The predicted molar refractivity (Wildman–Crippen MR) is 91.4 cm³/mol. The Balaban J connectivity index is 2.05. The number of carbonyl (C=O) groups excluding carboxylic acids is 1. The van der Waals surface area contributed by atoms with Crippen LogP contribution >= 0.6 is 23.4 Å². The lowest BCUT2D eigenvalue weighted by molar-refractivity contribution is -0.384. The van der Waals surface area contributed by atoms with E-state index in [0.717, 1.165) is 16.5 Å². The second kappa shape index (κ2) is 7.75. The van der Waals surface area contributed by atoms with Crippen molar-refractivity contribution in [3.05, 3.63) is 68.7 Å². The van der Waals surface area contributed by atoms with Gasteiger partial charge >= 0.3 is 0 Å². The van der Waals surface area contributed by atoms with Gasteiger partial charge in [0, 0.05) is 16.5 Å².